The molecule has 0 radical (unpaired) electrons. The maximum atomic E-state index is 14.6. The van der Waals surface area contributed by atoms with Crippen LogP contribution in [0.25, 0.3) is 21.1 Å². The first-order valence-electron chi connectivity index (χ1n) is 9.10. The van der Waals surface area contributed by atoms with Crippen LogP contribution >= 0.6 is 22.7 Å². The van der Waals surface area contributed by atoms with E-state index in [9.17, 15) is 19.1 Å². The first-order chi connectivity index (χ1) is 14.8. The summed E-state index contributed by atoms with van der Waals surface area (Å²) in [6, 6.07) is 2.08. The number of aryl methyl sites for hydroxylation is 1. The summed E-state index contributed by atoms with van der Waals surface area (Å²) in [7, 11) is 1.15. The maximum Gasteiger partial charge on any atom is 0.341 e. The number of aromatic hydroxyl groups is 1. The summed E-state index contributed by atoms with van der Waals surface area (Å²) in [5.74, 6) is -2.37. The van der Waals surface area contributed by atoms with Gasteiger partial charge < -0.3 is 19.3 Å². The number of rotatable bonds is 8. The Morgan fingerprint density at radius 3 is 2.74 bits per heavy atom. The number of halogens is 1. The van der Waals surface area contributed by atoms with Crippen LogP contribution < -0.4 is 0 Å². The van der Waals surface area contributed by atoms with Crippen LogP contribution in [0.4, 0.5) is 4.39 Å². The lowest BCUT2D eigenvalue weighted by atomic mass is 10.1. The number of carbonyl (C=O) groups is 2. The third kappa shape index (κ3) is 5.24. The molecule has 0 saturated carbocycles. The van der Waals surface area contributed by atoms with Crippen molar-refractivity contribution in [3.05, 3.63) is 39.6 Å². The summed E-state index contributed by atoms with van der Waals surface area (Å²) in [5, 5.41) is 12.8. The lowest BCUT2D eigenvalue weighted by Crippen LogP contribution is -2.12. The van der Waals surface area contributed by atoms with Crippen molar-refractivity contribution < 1.29 is 33.3 Å². The highest BCUT2D eigenvalue weighted by molar-refractivity contribution is 7.16. The van der Waals surface area contributed by atoms with Crippen LogP contribution in [0, 0.1) is 12.7 Å². The van der Waals surface area contributed by atoms with Crippen LogP contribution in [-0.4, -0.2) is 47.3 Å². The van der Waals surface area contributed by atoms with Crippen molar-refractivity contribution in [1.82, 2.24) is 9.97 Å². The van der Waals surface area contributed by atoms with Gasteiger partial charge in [-0.3, -0.25) is 0 Å². The summed E-state index contributed by atoms with van der Waals surface area (Å²) in [6.07, 6.45) is 0. The zero-order valence-electron chi connectivity index (χ0n) is 16.9. The van der Waals surface area contributed by atoms with E-state index in [-0.39, 0.29) is 24.3 Å². The molecular formula is C20H19FN2O6S2. The second kappa shape index (κ2) is 9.94. The Labute approximate surface area is 185 Å². The Morgan fingerprint density at radius 1 is 1.26 bits per heavy atom. The fourth-order valence-corrected chi connectivity index (χ4v) is 4.54. The van der Waals surface area contributed by atoms with E-state index < -0.39 is 23.5 Å². The highest BCUT2D eigenvalue weighted by atomic mass is 32.1. The third-order valence-electron chi connectivity index (χ3n) is 4.05. The molecule has 0 bridgehead atoms. The Bertz CT molecular complexity index is 1110. The molecular weight excluding hydrogens is 447 g/mol. The third-order valence-corrected chi connectivity index (χ3v) is 6.08. The minimum atomic E-state index is -0.833. The van der Waals surface area contributed by atoms with Crippen molar-refractivity contribution in [3.8, 4) is 26.9 Å². The summed E-state index contributed by atoms with van der Waals surface area (Å²) in [4.78, 5) is 32.6. The second-order valence-electron chi connectivity index (χ2n) is 6.20. The Morgan fingerprint density at radius 2 is 2.03 bits per heavy atom. The minimum absolute atomic E-state index is 0.0709. The van der Waals surface area contributed by atoms with E-state index in [1.165, 1.54) is 22.7 Å². The normalized spacial score (nSPS) is 10.8. The summed E-state index contributed by atoms with van der Waals surface area (Å²) >= 11 is 2.55. The number of aromatic nitrogens is 2. The summed E-state index contributed by atoms with van der Waals surface area (Å²) in [5.41, 5.74) is 1.14. The van der Waals surface area contributed by atoms with Crippen molar-refractivity contribution in [3.63, 3.8) is 0 Å². The van der Waals surface area contributed by atoms with Gasteiger partial charge in [0.05, 0.1) is 36.6 Å². The Kier molecular flexibility index (Phi) is 7.31. The number of hydrogen-bond donors (Lipinski definition) is 1. The van der Waals surface area contributed by atoms with Crippen molar-refractivity contribution in [2.75, 3.05) is 20.3 Å². The molecule has 1 aromatic carbocycles. The quantitative estimate of drug-likeness (QED) is 0.497. The van der Waals surface area contributed by atoms with Gasteiger partial charge >= 0.3 is 11.9 Å². The van der Waals surface area contributed by atoms with E-state index in [4.69, 9.17) is 9.47 Å². The number of phenolic OH excluding ortho intramolecular Hbond substituents is 1. The van der Waals surface area contributed by atoms with Crippen LogP contribution in [-0.2, 0) is 25.6 Å². The molecule has 1 N–H and O–H groups in total. The van der Waals surface area contributed by atoms with Crippen LogP contribution in [0.15, 0.2) is 17.5 Å². The van der Waals surface area contributed by atoms with E-state index in [1.54, 1.807) is 12.3 Å². The van der Waals surface area contributed by atoms with Gasteiger partial charge in [0.1, 0.15) is 33.8 Å². The molecule has 0 aliphatic heterocycles. The zero-order valence-corrected chi connectivity index (χ0v) is 18.6. The molecule has 8 nitrogen and oxygen atoms in total. The molecule has 11 heteroatoms. The van der Waals surface area contributed by atoms with Gasteiger partial charge in [-0.15, -0.1) is 22.7 Å². The predicted molar refractivity (Wildman–Crippen MR) is 113 cm³/mol. The average molecular weight is 467 g/mol. The van der Waals surface area contributed by atoms with Crippen molar-refractivity contribution in [2.24, 2.45) is 0 Å². The highest BCUT2D eigenvalue weighted by Crippen LogP contribution is 2.37. The first kappa shape index (κ1) is 22.8. The molecule has 2 aromatic heterocycles. The van der Waals surface area contributed by atoms with Crippen LogP contribution in [0.5, 0.6) is 5.75 Å². The average Bonchev–Trinajstić information content (AvgIpc) is 3.35. The molecule has 164 valence electrons. The number of hydrogen-bond acceptors (Lipinski definition) is 10. The van der Waals surface area contributed by atoms with Crippen molar-refractivity contribution in [1.29, 1.82) is 0 Å². The molecule has 0 saturated heterocycles. The molecule has 0 unspecified atom stereocenters. The van der Waals surface area contributed by atoms with Gasteiger partial charge in [0.25, 0.3) is 0 Å². The number of benzene rings is 1. The first-order valence-corrected chi connectivity index (χ1v) is 10.8. The van der Waals surface area contributed by atoms with Crippen LogP contribution in [0.3, 0.4) is 0 Å². The highest BCUT2D eigenvalue weighted by Gasteiger charge is 2.20. The minimum Gasteiger partial charge on any atom is -0.507 e. The van der Waals surface area contributed by atoms with E-state index in [0.29, 0.717) is 22.3 Å². The van der Waals surface area contributed by atoms with E-state index in [2.05, 4.69) is 14.7 Å². The second-order valence-corrected chi connectivity index (χ2v) is 8.14. The molecule has 0 atom stereocenters. The van der Waals surface area contributed by atoms with E-state index in [1.807, 2.05) is 6.92 Å². The van der Waals surface area contributed by atoms with E-state index >= 15 is 0 Å². The van der Waals surface area contributed by atoms with Gasteiger partial charge in [0.15, 0.2) is 0 Å². The van der Waals surface area contributed by atoms with Gasteiger partial charge in [-0.25, -0.2) is 23.9 Å². The van der Waals surface area contributed by atoms with Gasteiger partial charge in [-0.05, 0) is 26.0 Å². The fraction of sp³-hybridized carbons (Fsp3) is 0.300. The smallest absolute Gasteiger partial charge is 0.341 e. The molecule has 0 aliphatic rings. The van der Waals surface area contributed by atoms with Crippen molar-refractivity contribution >= 4 is 34.6 Å². The monoisotopic (exact) mass is 466 g/mol. The standard InChI is InChI=1S/C20H19FN2O6S2/c1-4-29-17(25)8-28-7-16-22-10(2)18(31-16)14-9-30-19(23-14)11-6-15(24)12(5-13(11)21)20(26)27-3/h5-6,9,24H,4,7-8H2,1-3H3. The molecule has 0 spiro atoms. The predicted octanol–water partition coefficient (Wildman–Crippen LogP) is 3.95. The van der Waals surface area contributed by atoms with Crippen molar-refractivity contribution in [2.45, 2.75) is 20.5 Å². The molecule has 0 fully saturated rings. The topological polar surface area (TPSA) is 108 Å². The SMILES string of the molecule is CCOC(=O)COCc1nc(C)c(-c2csc(-c3cc(O)c(C(=O)OC)cc3F)n2)s1. The van der Waals surface area contributed by atoms with Gasteiger partial charge in [0, 0.05) is 10.9 Å². The molecule has 3 rings (SSSR count). The number of nitrogens with zero attached hydrogens (tertiary/aromatic N) is 2. The van der Waals surface area contributed by atoms with Gasteiger partial charge in [0.2, 0.25) is 0 Å². The molecule has 0 aliphatic carbocycles. The summed E-state index contributed by atoms with van der Waals surface area (Å²) in [6.45, 7) is 3.82. The lowest BCUT2D eigenvalue weighted by molar-refractivity contribution is -0.148. The number of phenols is 1. The fourth-order valence-electron chi connectivity index (χ4n) is 2.68. The Hall–Kier alpha value is -2.89. The number of ether oxygens (including phenoxy) is 3. The molecule has 2 heterocycles. The largest absolute Gasteiger partial charge is 0.507 e. The van der Waals surface area contributed by atoms with Gasteiger partial charge in [-0.1, -0.05) is 0 Å². The lowest BCUT2D eigenvalue weighted by Gasteiger charge is -2.06. The Balaban J connectivity index is 1.78. The van der Waals surface area contributed by atoms with Crippen LogP contribution in [0.2, 0.25) is 0 Å². The number of esters is 2. The number of carbonyl (C=O) groups excluding carboxylic acids is 2. The number of thiazole rings is 2. The summed E-state index contributed by atoms with van der Waals surface area (Å²) < 4.78 is 29.2. The van der Waals surface area contributed by atoms with E-state index in [0.717, 1.165) is 29.8 Å². The maximum absolute atomic E-state index is 14.6. The molecule has 0 amide bonds. The molecule has 31 heavy (non-hydrogen) atoms. The molecule has 3 aromatic rings. The number of methoxy groups -OCH3 is 1. The van der Waals surface area contributed by atoms with Crippen LogP contribution in [0.1, 0.15) is 28.0 Å². The zero-order chi connectivity index (χ0) is 22.5. The van der Waals surface area contributed by atoms with Gasteiger partial charge in [-0.2, -0.15) is 0 Å².